The standard InChI is InChI=1S/C18H20BrNO5S/c1-12-10-15(8-9-17(12)24-2)26(22,23)20-16(11-18(21)25-3)13-4-6-14(19)7-5-13/h4-10,16,20H,11H2,1-3H3. The van der Waals surface area contributed by atoms with Crippen LogP contribution in [0.25, 0.3) is 0 Å². The molecule has 6 nitrogen and oxygen atoms in total. The van der Waals surface area contributed by atoms with Crippen LogP contribution in [0, 0.1) is 6.92 Å². The van der Waals surface area contributed by atoms with Gasteiger partial charge in [-0.25, -0.2) is 13.1 Å². The molecule has 0 spiro atoms. The van der Waals surface area contributed by atoms with Crippen LogP contribution >= 0.6 is 15.9 Å². The number of hydrogen-bond acceptors (Lipinski definition) is 5. The summed E-state index contributed by atoms with van der Waals surface area (Å²) in [6, 6.07) is 10.9. The Balaban J connectivity index is 2.35. The Bertz CT molecular complexity index is 881. The number of sulfonamides is 1. The van der Waals surface area contributed by atoms with Crippen LogP contribution in [0.15, 0.2) is 51.8 Å². The summed E-state index contributed by atoms with van der Waals surface area (Å²) in [5.41, 5.74) is 1.36. The van der Waals surface area contributed by atoms with E-state index in [9.17, 15) is 13.2 Å². The minimum Gasteiger partial charge on any atom is -0.496 e. The minimum absolute atomic E-state index is 0.0998. The zero-order valence-corrected chi connectivity index (χ0v) is 17.1. The number of rotatable bonds is 7. The third kappa shape index (κ3) is 5.06. The lowest BCUT2D eigenvalue weighted by Gasteiger charge is -2.19. The van der Waals surface area contributed by atoms with Crippen LogP contribution in [-0.2, 0) is 19.6 Å². The lowest BCUT2D eigenvalue weighted by molar-refractivity contribution is -0.141. The van der Waals surface area contributed by atoms with Crippen molar-refractivity contribution >= 4 is 31.9 Å². The van der Waals surface area contributed by atoms with Crippen LogP contribution in [-0.4, -0.2) is 28.6 Å². The Labute approximate surface area is 161 Å². The predicted octanol–water partition coefficient (Wildman–Crippen LogP) is 3.35. The van der Waals surface area contributed by atoms with Gasteiger partial charge in [-0.3, -0.25) is 4.79 Å². The molecule has 0 aliphatic rings. The first-order valence-corrected chi connectivity index (χ1v) is 10.0. The highest BCUT2D eigenvalue weighted by Crippen LogP contribution is 2.25. The van der Waals surface area contributed by atoms with Crippen molar-refractivity contribution in [1.29, 1.82) is 0 Å². The van der Waals surface area contributed by atoms with Gasteiger partial charge in [-0.1, -0.05) is 28.1 Å². The molecule has 8 heteroatoms. The fourth-order valence-corrected chi connectivity index (χ4v) is 4.02. The van der Waals surface area contributed by atoms with Gasteiger partial charge in [-0.15, -0.1) is 0 Å². The second kappa shape index (κ2) is 8.66. The zero-order valence-electron chi connectivity index (χ0n) is 14.7. The van der Waals surface area contributed by atoms with Crippen LogP contribution in [0.1, 0.15) is 23.6 Å². The highest BCUT2D eigenvalue weighted by atomic mass is 79.9. The molecule has 0 aliphatic heterocycles. The molecular formula is C18H20BrNO5S. The SMILES string of the molecule is COC(=O)CC(NS(=O)(=O)c1ccc(OC)c(C)c1)c1ccc(Br)cc1. The van der Waals surface area contributed by atoms with E-state index < -0.39 is 22.0 Å². The lowest BCUT2D eigenvalue weighted by atomic mass is 10.1. The van der Waals surface area contributed by atoms with Gasteiger partial charge in [-0.2, -0.15) is 0 Å². The summed E-state index contributed by atoms with van der Waals surface area (Å²) >= 11 is 3.34. The van der Waals surface area contributed by atoms with Crippen molar-refractivity contribution in [2.75, 3.05) is 14.2 Å². The Morgan fingerprint density at radius 1 is 1.15 bits per heavy atom. The van der Waals surface area contributed by atoms with E-state index in [0.29, 0.717) is 16.9 Å². The number of nitrogens with one attached hydrogen (secondary N) is 1. The number of carbonyl (C=O) groups excluding carboxylic acids is 1. The number of aryl methyl sites for hydroxylation is 1. The quantitative estimate of drug-likeness (QED) is 0.666. The van der Waals surface area contributed by atoms with Gasteiger partial charge >= 0.3 is 5.97 Å². The summed E-state index contributed by atoms with van der Waals surface area (Å²) in [4.78, 5) is 11.8. The molecule has 26 heavy (non-hydrogen) atoms. The molecule has 0 aromatic heterocycles. The topological polar surface area (TPSA) is 81.7 Å². The highest BCUT2D eigenvalue weighted by molar-refractivity contribution is 9.10. The number of methoxy groups -OCH3 is 2. The molecule has 0 heterocycles. The lowest BCUT2D eigenvalue weighted by Crippen LogP contribution is -2.30. The van der Waals surface area contributed by atoms with Gasteiger partial charge in [-0.05, 0) is 48.4 Å². The van der Waals surface area contributed by atoms with Gasteiger partial charge < -0.3 is 9.47 Å². The van der Waals surface area contributed by atoms with E-state index >= 15 is 0 Å². The maximum absolute atomic E-state index is 12.8. The minimum atomic E-state index is -3.84. The van der Waals surface area contributed by atoms with Crippen LogP contribution < -0.4 is 9.46 Å². The molecule has 0 radical (unpaired) electrons. The molecule has 0 saturated heterocycles. The molecule has 0 fully saturated rings. The third-order valence-corrected chi connectivity index (χ3v) is 5.84. The van der Waals surface area contributed by atoms with Gasteiger partial charge in [0.2, 0.25) is 10.0 Å². The van der Waals surface area contributed by atoms with Gasteiger partial charge in [0.25, 0.3) is 0 Å². The van der Waals surface area contributed by atoms with Crippen molar-refractivity contribution in [1.82, 2.24) is 4.72 Å². The Morgan fingerprint density at radius 3 is 2.35 bits per heavy atom. The van der Waals surface area contributed by atoms with Crippen molar-refractivity contribution in [3.63, 3.8) is 0 Å². The molecule has 2 rings (SSSR count). The van der Waals surface area contributed by atoms with E-state index in [0.717, 1.165) is 4.47 Å². The maximum atomic E-state index is 12.8. The smallest absolute Gasteiger partial charge is 0.307 e. The van der Waals surface area contributed by atoms with E-state index in [1.807, 2.05) is 0 Å². The summed E-state index contributed by atoms with van der Waals surface area (Å²) in [6.45, 7) is 1.76. The first-order chi connectivity index (χ1) is 12.3. The average Bonchev–Trinajstić information content (AvgIpc) is 2.61. The van der Waals surface area contributed by atoms with Crippen molar-refractivity contribution < 1.29 is 22.7 Å². The molecule has 1 atom stereocenters. The number of hydrogen-bond donors (Lipinski definition) is 1. The van der Waals surface area contributed by atoms with Gasteiger partial charge in [0.05, 0.1) is 31.6 Å². The zero-order chi connectivity index (χ0) is 19.3. The fraction of sp³-hybridized carbons (Fsp3) is 0.278. The monoisotopic (exact) mass is 441 g/mol. The van der Waals surface area contributed by atoms with Crippen LogP contribution in [0.3, 0.4) is 0 Å². The van der Waals surface area contributed by atoms with Crippen molar-refractivity contribution in [3.8, 4) is 5.75 Å². The first kappa shape index (κ1) is 20.4. The van der Waals surface area contributed by atoms with E-state index in [4.69, 9.17) is 9.47 Å². The third-order valence-electron chi connectivity index (χ3n) is 3.84. The first-order valence-electron chi connectivity index (χ1n) is 7.76. The predicted molar refractivity (Wildman–Crippen MR) is 102 cm³/mol. The van der Waals surface area contributed by atoms with Crippen LogP contribution in [0.2, 0.25) is 0 Å². The highest BCUT2D eigenvalue weighted by Gasteiger charge is 2.24. The molecular weight excluding hydrogens is 422 g/mol. The van der Waals surface area contributed by atoms with E-state index in [1.165, 1.54) is 26.4 Å². The van der Waals surface area contributed by atoms with Crippen LogP contribution in [0.5, 0.6) is 5.75 Å². The Morgan fingerprint density at radius 2 is 1.81 bits per heavy atom. The number of esters is 1. The second-order valence-corrected chi connectivity index (χ2v) is 8.27. The van der Waals surface area contributed by atoms with Crippen molar-refractivity contribution in [3.05, 3.63) is 58.1 Å². The number of ether oxygens (including phenoxy) is 2. The maximum Gasteiger partial charge on any atom is 0.307 e. The van der Waals surface area contributed by atoms with Gasteiger partial charge in [0, 0.05) is 4.47 Å². The van der Waals surface area contributed by atoms with E-state index in [1.54, 1.807) is 37.3 Å². The van der Waals surface area contributed by atoms with Crippen molar-refractivity contribution in [2.24, 2.45) is 0 Å². The normalized spacial score (nSPS) is 12.5. The average molecular weight is 442 g/mol. The molecule has 140 valence electrons. The molecule has 2 aromatic rings. The molecule has 0 saturated carbocycles. The molecule has 2 aromatic carbocycles. The fourth-order valence-electron chi connectivity index (χ4n) is 2.45. The Hall–Kier alpha value is -1.90. The second-order valence-electron chi connectivity index (χ2n) is 5.64. The largest absolute Gasteiger partial charge is 0.496 e. The van der Waals surface area contributed by atoms with Crippen LogP contribution in [0.4, 0.5) is 0 Å². The number of benzene rings is 2. The molecule has 0 bridgehead atoms. The Kier molecular flexibility index (Phi) is 6.80. The summed E-state index contributed by atoms with van der Waals surface area (Å²) in [7, 11) is -1.06. The number of halogens is 1. The summed E-state index contributed by atoms with van der Waals surface area (Å²) < 4.78 is 38.9. The van der Waals surface area contributed by atoms with Gasteiger partial charge in [0.15, 0.2) is 0 Å². The van der Waals surface area contributed by atoms with Gasteiger partial charge in [0.1, 0.15) is 5.75 Å². The van der Waals surface area contributed by atoms with E-state index in [2.05, 4.69) is 20.7 Å². The summed E-state index contributed by atoms with van der Waals surface area (Å²) in [5.74, 6) is 0.0921. The molecule has 1 unspecified atom stereocenters. The molecule has 1 N–H and O–H groups in total. The van der Waals surface area contributed by atoms with E-state index in [-0.39, 0.29) is 11.3 Å². The number of carbonyl (C=O) groups is 1. The summed E-state index contributed by atoms with van der Waals surface area (Å²) in [5, 5.41) is 0. The summed E-state index contributed by atoms with van der Waals surface area (Å²) in [6.07, 6.45) is -0.119. The molecule has 0 amide bonds. The molecule has 0 aliphatic carbocycles. The van der Waals surface area contributed by atoms with Crippen molar-refractivity contribution in [2.45, 2.75) is 24.3 Å².